The van der Waals surface area contributed by atoms with Crippen molar-refractivity contribution >= 4 is 22.5 Å². The molecule has 1 amide bonds. The molecule has 1 N–H and O–H groups in total. The number of carbonyl (C=O) groups excluding carboxylic acids is 1. The van der Waals surface area contributed by atoms with Crippen LogP contribution in [0.15, 0.2) is 77.7 Å². The Labute approximate surface area is 195 Å². The molecule has 0 fully saturated rings. The van der Waals surface area contributed by atoms with Gasteiger partial charge in [-0.1, -0.05) is 48.0 Å². The molecule has 5 rings (SSSR count). The van der Waals surface area contributed by atoms with Gasteiger partial charge in [-0.3, -0.25) is 9.59 Å². The normalized spacial score (nSPS) is 11.3. The SMILES string of the molecule is Cc1cccc(Cn2cc3c(=O)n(CC(=O)Nc4ccccc4C)nc-3c3cc(F)ccc32)c1. The third-order valence-corrected chi connectivity index (χ3v) is 5.90. The van der Waals surface area contributed by atoms with Crippen molar-refractivity contribution in [2.24, 2.45) is 0 Å². The lowest BCUT2D eigenvalue weighted by molar-refractivity contribution is -0.116. The van der Waals surface area contributed by atoms with Gasteiger partial charge in [-0.05, 0) is 49.2 Å². The fourth-order valence-corrected chi connectivity index (χ4v) is 4.23. The first kappa shape index (κ1) is 21.6. The zero-order chi connectivity index (χ0) is 23.8. The molecule has 2 aliphatic rings. The summed E-state index contributed by atoms with van der Waals surface area (Å²) < 4.78 is 17.2. The number of nitrogens with zero attached hydrogens (tertiary/aromatic N) is 3. The molecule has 0 spiro atoms. The first-order valence-electron chi connectivity index (χ1n) is 11.0. The summed E-state index contributed by atoms with van der Waals surface area (Å²) in [4.78, 5) is 25.8. The number of halogens is 1. The molecule has 0 saturated carbocycles. The van der Waals surface area contributed by atoms with Gasteiger partial charge in [-0.2, -0.15) is 5.10 Å². The van der Waals surface area contributed by atoms with Crippen LogP contribution >= 0.6 is 0 Å². The van der Waals surface area contributed by atoms with Gasteiger partial charge in [0.15, 0.2) is 0 Å². The van der Waals surface area contributed by atoms with Crippen LogP contribution in [0.1, 0.15) is 16.7 Å². The second-order valence-electron chi connectivity index (χ2n) is 8.50. The maximum atomic E-state index is 14.2. The number of pyridine rings is 1. The van der Waals surface area contributed by atoms with Gasteiger partial charge in [0.1, 0.15) is 18.1 Å². The largest absolute Gasteiger partial charge is 0.342 e. The highest BCUT2D eigenvalue weighted by atomic mass is 19.1. The van der Waals surface area contributed by atoms with Crippen LogP contribution in [0, 0.1) is 19.7 Å². The Balaban J connectivity index is 1.56. The number of anilines is 1. The van der Waals surface area contributed by atoms with Crippen molar-refractivity contribution in [3.8, 4) is 11.3 Å². The van der Waals surface area contributed by atoms with Crippen LogP contribution in [-0.2, 0) is 17.9 Å². The number of rotatable bonds is 5. The number of hydrogen-bond donors (Lipinski definition) is 1. The van der Waals surface area contributed by atoms with Crippen LogP contribution in [0.5, 0.6) is 0 Å². The minimum atomic E-state index is -0.415. The smallest absolute Gasteiger partial charge is 0.278 e. The summed E-state index contributed by atoms with van der Waals surface area (Å²) in [6.45, 7) is 4.19. The minimum absolute atomic E-state index is 0.240. The molecule has 0 bridgehead atoms. The van der Waals surface area contributed by atoms with E-state index in [1.165, 1.54) is 12.1 Å². The molecule has 0 aromatic heterocycles. The van der Waals surface area contributed by atoms with E-state index in [0.29, 0.717) is 28.9 Å². The molecule has 3 aromatic rings. The number of amides is 1. The molecule has 2 aliphatic heterocycles. The summed E-state index contributed by atoms with van der Waals surface area (Å²) in [7, 11) is 0. The van der Waals surface area contributed by atoms with Crippen molar-refractivity contribution in [2.45, 2.75) is 26.9 Å². The number of carbonyl (C=O) groups is 1. The Morgan fingerprint density at radius 3 is 2.65 bits per heavy atom. The molecule has 0 aliphatic carbocycles. The molecule has 0 saturated heterocycles. The van der Waals surface area contributed by atoms with E-state index in [1.54, 1.807) is 18.3 Å². The predicted octanol–water partition coefficient (Wildman–Crippen LogP) is 4.75. The fraction of sp³-hybridized carbons (Fsp3) is 0.148. The molecule has 7 heteroatoms. The quantitative estimate of drug-likeness (QED) is 0.417. The van der Waals surface area contributed by atoms with Crippen LogP contribution in [-0.4, -0.2) is 20.3 Å². The van der Waals surface area contributed by atoms with Crippen LogP contribution in [0.2, 0.25) is 0 Å². The van der Waals surface area contributed by atoms with Crippen molar-refractivity contribution in [3.63, 3.8) is 0 Å². The molecule has 0 unspecified atom stereocenters. The maximum Gasteiger partial charge on any atom is 0.278 e. The Kier molecular flexibility index (Phi) is 5.45. The topological polar surface area (TPSA) is 68.9 Å². The number of fused-ring (bicyclic) bond motifs is 3. The molecule has 0 atom stereocenters. The standard InChI is InChI=1S/C27H23FN4O2/c1-17-6-5-8-19(12-17)14-31-15-22-26(21-13-20(28)10-11-24(21)31)30-32(27(22)34)16-25(33)29-23-9-4-3-7-18(23)2/h3-13,15H,14,16H2,1-2H3,(H,29,33). The lowest BCUT2D eigenvalue weighted by Crippen LogP contribution is -2.26. The van der Waals surface area contributed by atoms with Gasteiger partial charge in [-0.15, -0.1) is 0 Å². The van der Waals surface area contributed by atoms with Gasteiger partial charge in [-0.25, -0.2) is 9.07 Å². The van der Waals surface area contributed by atoms with Crippen molar-refractivity contribution in [3.05, 3.63) is 106 Å². The number of aryl methyl sites for hydroxylation is 2. The molecular weight excluding hydrogens is 431 g/mol. The number of hydrogen-bond acceptors (Lipinski definition) is 3. The fourth-order valence-electron chi connectivity index (χ4n) is 4.23. The summed E-state index contributed by atoms with van der Waals surface area (Å²) in [5, 5.41) is 7.76. The van der Waals surface area contributed by atoms with E-state index >= 15 is 0 Å². The van der Waals surface area contributed by atoms with Gasteiger partial charge in [0, 0.05) is 23.8 Å². The van der Waals surface area contributed by atoms with E-state index in [4.69, 9.17) is 0 Å². The Morgan fingerprint density at radius 1 is 1.03 bits per heavy atom. The summed E-state index contributed by atoms with van der Waals surface area (Å²) in [5.41, 5.74) is 4.88. The molecule has 6 nitrogen and oxygen atoms in total. The zero-order valence-corrected chi connectivity index (χ0v) is 18.9. The summed E-state index contributed by atoms with van der Waals surface area (Å²) >= 11 is 0. The minimum Gasteiger partial charge on any atom is -0.342 e. The molecule has 34 heavy (non-hydrogen) atoms. The van der Waals surface area contributed by atoms with Crippen molar-refractivity contribution < 1.29 is 9.18 Å². The number of benzene rings is 3. The predicted molar refractivity (Wildman–Crippen MR) is 131 cm³/mol. The van der Waals surface area contributed by atoms with Crippen LogP contribution in [0.3, 0.4) is 0 Å². The maximum absolute atomic E-state index is 14.2. The highest BCUT2D eigenvalue weighted by molar-refractivity contribution is 5.94. The van der Waals surface area contributed by atoms with Crippen LogP contribution < -0.4 is 10.9 Å². The lowest BCUT2D eigenvalue weighted by atomic mass is 10.1. The molecule has 0 radical (unpaired) electrons. The first-order chi connectivity index (χ1) is 16.4. The van der Waals surface area contributed by atoms with Crippen molar-refractivity contribution in [1.82, 2.24) is 14.3 Å². The average Bonchev–Trinajstić information content (AvgIpc) is 3.11. The van der Waals surface area contributed by atoms with Crippen molar-refractivity contribution in [2.75, 3.05) is 5.32 Å². The Bertz CT molecular complexity index is 1570. The third-order valence-electron chi connectivity index (χ3n) is 5.90. The van der Waals surface area contributed by atoms with Gasteiger partial charge >= 0.3 is 0 Å². The van der Waals surface area contributed by atoms with E-state index in [-0.39, 0.29) is 18.0 Å². The molecule has 170 valence electrons. The Morgan fingerprint density at radius 2 is 1.85 bits per heavy atom. The van der Waals surface area contributed by atoms with Crippen LogP contribution in [0.25, 0.3) is 22.2 Å². The first-order valence-corrected chi connectivity index (χ1v) is 11.0. The zero-order valence-electron chi connectivity index (χ0n) is 18.9. The molecule has 2 heterocycles. The average molecular weight is 455 g/mol. The van der Waals surface area contributed by atoms with E-state index in [0.717, 1.165) is 26.9 Å². The number of nitrogens with one attached hydrogen (secondary N) is 1. The summed E-state index contributed by atoms with van der Waals surface area (Å²) in [6, 6.07) is 20.0. The lowest BCUT2D eigenvalue weighted by Gasteiger charge is -2.14. The second-order valence-corrected chi connectivity index (χ2v) is 8.50. The monoisotopic (exact) mass is 454 g/mol. The van der Waals surface area contributed by atoms with Crippen LogP contribution in [0.4, 0.5) is 10.1 Å². The van der Waals surface area contributed by atoms with Gasteiger partial charge in [0.25, 0.3) is 5.56 Å². The summed E-state index contributed by atoms with van der Waals surface area (Å²) in [5.74, 6) is -0.774. The summed E-state index contributed by atoms with van der Waals surface area (Å²) in [6.07, 6.45) is 1.74. The molecule has 3 aromatic carbocycles. The van der Waals surface area contributed by atoms with Crippen molar-refractivity contribution in [1.29, 1.82) is 0 Å². The Hall–Kier alpha value is -4.26. The highest BCUT2D eigenvalue weighted by Crippen LogP contribution is 2.29. The number of para-hydroxylation sites is 1. The molecular formula is C27H23FN4O2. The van der Waals surface area contributed by atoms with E-state index in [2.05, 4.69) is 16.5 Å². The van der Waals surface area contributed by atoms with Gasteiger partial charge in [0.2, 0.25) is 5.91 Å². The third kappa shape index (κ3) is 4.08. The van der Waals surface area contributed by atoms with E-state index in [1.807, 2.05) is 54.8 Å². The second kappa shape index (κ2) is 8.59. The highest BCUT2D eigenvalue weighted by Gasteiger charge is 2.22. The van der Waals surface area contributed by atoms with E-state index < -0.39 is 5.82 Å². The van der Waals surface area contributed by atoms with E-state index in [9.17, 15) is 14.0 Å². The number of aromatic nitrogens is 3. The van der Waals surface area contributed by atoms with Gasteiger partial charge < -0.3 is 9.88 Å². The van der Waals surface area contributed by atoms with Gasteiger partial charge in [0.05, 0.1) is 11.1 Å².